The number of benzene rings is 1. The molecule has 2 atom stereocenters. The van der Waals surface area contributed by atoms with Crippen LogP contribution in [0.2, 0.25) is 0 Å². The molecule has 6 nitrogen and oxygen atoms in total. The molecule has 0 unspecified atom stereocenters. The second-order valence-corrected chi connectivity index (χ2v) is 7.71. The minimum atomic E-state index is -3.26. The standard InChI is InChI=1S/C16H24N2O4S/c1-13(22-15-9-4-3-5-10-15)16(19)18-11-7-6-8-14(18)12-17-23(2,20)21/h3-5,9-10,13-14,17H,6-8,11-12H2,1-2H3/t13-,14+/m1/s1. The number of sulfonamides is 1. The van der Waals surface area contributed by atoms with E-state index in [2.05, 4.69) is 4.72 Å². The number of carbonyl (C=O) groups is 1. The number of para-hydroxylation sites is 1. The molecule has 1 aromatic rings. The van der Waals surface area contributed by atoms with Crippen LogP contribution < -0.4 is 9.46 Å². The van der Waals surface area contributed by atoms with Crippen LogP contribution in [0, 0.1) is 0 Å². The maximum atomic E-state index is 12.7. The highest BCUT2D eigenvalue weighted by Gasteiger charge is 2.30. The van der Waals surface area contributed by atoms with Crippen LogP contribution in [-0.2, 0) is 14.8 Å². The zero-order valence-electron chi connectivity index (χ0n) is 13.6. The van der Waals surface area contributed by atoms with Gasteiger partial charge in [0.15, 0.2) is 6.10 Å². The second kappa shape index (κ2) is 7.79. The summed E-state index contributed by atoms with van der Waals surface area (Å²) in [6, 6.07) is 9.09. The molecule has 128 valence electrons. The van der Waals surface area contributed by atoms with Crippen molar-refractivity contribution in [3.05, 3.63) is 30.3 Å². The Labute approximate surface area is 137 Å². The maximum Gasteiger partial charge on any atom is 0.263 e. The van der Waals surface area contributed by atoms with Gasteiger partial charge in [0.25, 0.3) is 5.91 Å². The lowest BCUT2D eigenvalue weighted by Crippen LogP contribution is -2.52. The highest BCUT2D eigenvalue weighted by Crippen LogP contribution is 2.19. The SMILES string of the molecule is C[C@@H](Oc1ccccc1)C(=O)N1CCCC[C@H]1CNS(C)(=O)=O. The van der Waals surface area contributed by atoms with Gasteiger partial charge < -0.3 is 9.64 Å². The van der Waals surface area contributed by atoms with E-state index in [9.17, 15) is 13.2 Å². The summed E-state index contributed by atoms with van der Waals surface area (Å²) in [6.45, 7) is 2.62. The summed E-state index contributed by atoms with van der Waals surface area (Å²) in [4.78, 5) is 14.4. The van der Waals surface area contributed by atoms with Gasteiger partial charge >= 0.3 is 0 Å². The summed E-state index contributed by atoms with van der Waals surface area (Å²) in [5.41, 5.74) is 0. The van der Waals surface area contributed by atoms with Gasteiger partial charge in [0, 0.05) is 19.1 Å². The molecular formula is C16H24N2O4S. The maximum absolute atomic E-state index is 12.7. The first-order valence-corrected chi connectivity index (χ1v) is 9.73. The lowest BCUT2D eigenvalue weighted by atomic mass is 10.0. The van der Waals surface area contributed by atoms with Crippen molar-refractivity contribution >= 4 is 15.9 Å². The highest BCUT2D eigenvalue weighted by atomic mass is 32.2. The molecule has 1 heterocycles. The van der Waals surface area contributed by atoms with E-state index in [0.717, 1.165) is 25.5 Å². The summed E-state index contributed by atoms with van der Waals surface area (Å²) in [7, 11) is -3.26. The Bertz CT molecular complexity index is 618. The summed E-state index contributed by atoms with van der Waals surface area (Å²) < 4.78 is 30.8. The fourth-order valence-electron chi connectivity index (χ4n) is 2.74. The minimum Gasteiger partial charge on any atom is -0.481 e. The number of hydrogen-bond acceptors (Lipinski definition) is 4. The first kappa shape index (κ1) is 17.7. The van der Waals surface area contributed by atoms with E-state index < -0.39 is 16.1 Å². The van der Waals surface area contributed by atoms with E-state index in [1.54, 1.807) is 11.8 Å². The van der Waals surface area contributed by atoms with Gasteiger partial charge in [-0.2, -0.15) is 0 Å². The molecule has 0 spiro atoms. The zero-order chi connectivity index (χ0) is 16.9. The number of amides is 1. The van der Waals surface area contributed by atoms with Crippen molar-refractivity contribution in [1.29, 1.82) is 0 Å². The number of piperidine rings is 1. The molecule has 0 saturated carbocycles. The van der Waals surface area contributed by atoms with Crippen LogP contribution >= 0.6 is 0 Å². The summed E-state index contributed by atoms with van der Waals surface area (Å²) in [6.07, 6.45) is 3.25. The fraction of sp³-hybridized carbons (Fsp3) is 0.562. The number of nitrogens with zero attached hydrogens (tertiary/aromatic N) is 1. The molecule has 1 aromatic carbocycles. The molecule has 1 fully saturated rings. The third-order valence-corrected chi connectivity index (χ3v) is 4.59. The smallest absolute Gasteiger partial charge is 0.263 e. The Morgan fingerprint density at radius 3 is 2.70 bits per heavy atom. The number of rotatable bonds is 6. The number of likely N-dealkylation sites (tertiary alicyclic amines) is 1. The lowest BCUT2D eigenvalue weighted by molar-refractivity contribution is -0.141. The van der Waals surface area contributed by atoms with Crippen molar-refractivity contribution in [2.75, 3.05) is 19.3 Å². The topological polar surface area (TPSA) is 75.7 Å². The number of carbonyl (C=O) groups excluding carboxylic acids is 1. The normalized spacial score (nSPS) is 20.1. The Morgan fingerprint density at radius 2 is 2.04 bits per heavy atom. The van der Waals surface area contributed by atoms with E-state index in [1.807, 2.05) is 30.3 Å². The third-order valence-electron chi connectivity index (χ3n) is 3.90. The average Bonchev–Trinajstić information content (AvgIpc) is 2.53. The monoisotopic (exact) mass is 340 g/mol. The summed E-state index contributed by atoms with van der Waals surface area (Å²) >= 11 is 0. The number of nitrogens with one attached hydrogen (secondary N) is 1. The van der Waals surface area contributed by atoms with Crippen molar-refractivity contribution in [3.63, 3.8) is 0 Å². The van der Waals surface area contributed by atoms with Crippen LogP contribution in [0.4, 0.5) is 0 Å². The fourth-order valence-corrected chi connectivity index (χ4v) is 3.23. The van der Waals surface area contributed by atoms with Gasteiger partial charge in [-0.3, -0.25) is 4.79 Å². The predicted molar refractivity (Wildman–Crippen MR) is 88.7 cm³/mol. The van der Waals surface area contributed by atoms with Gasteiger partial charge in [-0.25, -0.2) is 13.1 Å². The molecule has 0 radical (unpaired) electrons. The van der Waals surface area contributed by atoms with Crippen LogP contribution in [0.5, 0.6) is 5.75 Å². The third kappa shape index (κ3) is 5.51. The van der Waals surface area contributed by atoms with Crippen molar-refractivity contribution < 1.29 is 17.9 Å². The average molecular weight is 340 g/mol. The van der Waals surface area contributed by atoms with Crippen molar-refractivity contribution in [3.8, 4) is 5.75 Å². The largest absolute Gasteiger partial charge is 0.481 e. The number of ether oxygens (including phenoxy) is 1. The molecule has 23 heavy (non-hydrogen) atoms. The van der Waals surface area contributed by atoms with Gasteiger partial charge in [-0.05, 0) is 38.3 Å². The van der Waals surface area contributed by atoms with Gasteiger partial charge in [-0.15, -0.1) is 0 Å². The van der Waals surface area contributed by atoms with E-state index in [4.69, 9.17) is 4.74 Å². The Hall–Kier alpha value is -1.60. The molecule has 1 aliphatic heterocycles. The summed E-state index contributed by atoms with van der Waals surface area (Å²) in [5, 5.41) is 0. The summed E-state index contributed by atoms with van der Waals surface area (Å²) in [5.74, 6) is 0.546. The number of hydrogen-bond donors (Lipinski definition) is 1. The van der Waals surface area contributed by atoms with E-state index in [1.165, 1.54) is 0 Å². The second-order valence-electron chi connectivity index (χ2n) is 5.87. The van der Waals surface area contributed by atoms with Crippen molar-refractivity contribution in [2.45, 2.75) is 38.3 Å². The van der Waals surface area contributed by atoms with Crippen LogP contribution in [0.3, 0.4) is 0 Å². The van der Waals surface area contributed by atoms with Crippen LogP contribution in [0.15, 0.2) is 30.3 Å². The Balaban J connectivity index is 1.99. The van der Waals surface area contributed by atoms with Crippen molar-refractivity contribution in [1.82, 2.24) is 9.62 Å². The zero-order valence-corrected chi connectivity index (χ0v) is 14.4. The highest BCUT2D eigenvalue weighted by molar-refractivity contribution is 7.88. The van der Waals surface area contributed by atoms with E-state index in [-0.39, 0.29) is 18.5 Å². The van der Waals surface area contributed by atoms with Crippen LogP contribution in [-0.4, -0.2) is 50.7 Å². The molecule has 0 aliphatic carbocycles. The molecular weight excluding hydrogens is 316 g/mol. The quantitative estimate of drug-likeness (QED) is 0.849. The van der Waals surface area contributed by atoms with Crippen molar-refractivity contribution in [2.24, 2.45) is 0 Å². The van der Waals surface area contributed by atoms with Gasteiger partial charge in [0.1, 0.15) is 5.75 Å². The predicted octanol–water partition coefficient (Wildman–Crippen LogP) is 1.38. The first-order chi connectivity index (χ1) is 10.9. The molecule has 0 bridgehead atoms. The van der Waals surface area contributed by atoms with E-state index >= 15 is 0 Å². The molecule has 2 rings (SSSR count). The van der Waals surface area contributed by atoms with Gasteiger partial charge in [-0.1, -0.05) is 18.2 Å². The molecule has 7 heteroatoms. The minimum absolute atomic E-state index is 0.103. The first-order valence-electron chi connectivity index (χ1n) is 7.83. The van der Waals surface area contributed by atoms with Crippen LogP contribution in [0.25, 0.3) is 0 Å². The Morgan fingerprint density at radius 1 is 1.35 bits per heavy atom. The molecule has 1 aliphatic rings. The van der Waals surface area contributed by atoms with Crippen LogP contribution in [0.1, 0.15) is 26.2 Å². The van der Waals surface area contributed by atoms with Gasteiger partial charge in [0.2, 0.25) is 10.0 Å². The van der Waals surface area contributed by atoms with Gasteiger partial charge in [0.05, 0.1) is 6.26 Å². The molecule has 0 aromatic heterocycles. The molecule has 1 saturated heterocycles. The Kier molecular flexibility index (Phi) is 6.01. The van der Waals surface area contributed by atoms with E-state index in [0.29, 0.717) is 12.3 Å². The lowest BCUT2D eigenvalue weighted by Gasteiger charge is -2.37. The molecule has 1 N–H and O–H groups in total. The molecule has 1 amide bonds.